The summed E-state index contributed by atoms with van der Waals surface area (Å²) in [4.78, 5) is 39.2. The number of piperazine rings is 1. The van der Waals surface area contributed by atoms with E-state index in [2.05, 4.69) is 0 Å². The van der Waals surface area contributed by atoms with E-state index in [4.69, 9.17) is 5.73 Å². The second-order valence-electron chi connectivity index (χ2n) is 7.92. The number of nitro groups is 1. The number of hydrogen-bond donors (Lipinski definition) is 1. The molecule has 2 N–H and O–H groups in total. The van der Waals surface area contributed by atoms with Gasteiger partial charge in [-0.2, -0.15) is 0 Å². The van der Waals surface area contributed by atoms with Crippen molar-refractivity contribution in [3.8, 4) is 0 Å². The molecule has 1 aromatic rings. The van der Waals surface area contributed by atoms with Crippen LogP contribution >= 0.6 is 0 Å². The molecule has 0 atom stereocenters. The Morgan fingerprint density at radius 3 is 2.11 bits per heavy atom. The molecule has 2 aliphatic rings. The second-order valence-corrected chi connectivity index (χ2v) is 7.92. The minimum Gasteiger partial charge on any atom is -0.339 e. The van der Waals surface area contributed by atoms with Crippen LogP contribution in [0, 0.1) is 15.5 Å². The molecule has 1 aliphatic carbocycles. The van der Waals surface area contributed by atoms with Crippen molar-refractivity contribution in [3.05, 3.63) is 39.9 Å². The Balaban J connectivity index is 1.54. The van der Waals surface area contributed by atoms with Gasteiger partial charge in [-0.3, -0.25) is 19.7 Å². The predicted molar refractivity (Wildman–Crippen MR) is 105 cm³/mol. The molecular weight excluding hydrogens is 360 g/mol. The monoisotopic (exact) mass is 388 g/mol. The Hall–Kier alpha value is -2.48. The Morgan fingerprint density at radius 2 is 1.57 bits per heavy atom. The number of carbonyl (C=O) groups is 2. The van der Waals surface area contributed by atoms with E-state index < -0.39 is 4.92 Å². The number of rotatable bonds is 5. The highest BCUT2D eigenvalue weighted by Gasteiger charge is 2.35. The number of amides is 2. The van der Waals surface area contributed by atoms with Gasteiger partial charge < -0.3 is 15.5 Å². The zero-order chi connectivity index (χ0) is 20.1. The zero-order valence-corrected chi connectivity index (χ0v) is 16.1. The molecule has 0 bridgehead atoms. The largest absolute Gasteiger partial charge is 0.339 e. The topological polar surface area (TPSA) is 110 Å². The second kappa shape index (κ2) is 8.68. The molecule has 0 radical (unpaired) electrons. The number of nitrogens with zero attached hydrogens (tertiary/aromatic N) is 3. The molecule has 28 heavy (non-hydrogen) atoms. The van der Waals surface area contributed by atoms with E-state index in [1.54, 1.807) is 4.90 Å². The molecule has 3 rings (SSSR count). The normalized spacial score (nSPS) is 19.3. The van der Waals surface area contributed by atoms with Crippen molar-refractivity contribution in [3.63, 3.8) is 0 Å². The molecule has 0 unspecified atom stereocenters. The molecule has 8 nitrogen and oxygen atoms in total. The van der Waals surface area contributed by atoms with Gasteiger partial charge in [-0.05, 0) is 36.9 Å². The number of hydrogen-bond acceptors (Lipinski definition) is 5. The lowest BCUT2D eigenvalue weighted by Gasteiger charge is -2.39. The minimum absolute atomic E-state index is 0.0384. The summed E-state index contributed by atoms with van der Waals surface area (Å²) in [6, 6.07) is 5.63. The average Bonchev–Trinajstić information content (AvgIpc) is 2.74. The van der Waals surface area contributed by atoms with Crippen molar-refractivity contribution in [1.82, 2.24) is 9.80 Å². The fourth-order valence-electron chi connectivity index (χ4n) is 4.25. The van der Waals surface area contributed by atoms with E-state index in [1.807, 2.05) is 4.90 Å². The molecule has 1 aliphatic heterocycles. The van der Waals surface area contributed by atoms with Crippen LogP contribution in [0.4, 0.5) is 5.69 Å². The minimum atomic E-state index is -0.487. The summed E-state index contributed by atoms with van der Waals surface area (Å²) in [6.45, 7) is 2.52. The Morgan fingerprint density at radius 1 is 1.00 bits per heavy atom. The van der Waals surface area contributed by atoms with Gasteiger partial charge in [0.1, 0.15) is 0 Å². The van der Waals surface area contributed by atoms with Crippen LogP contribution < -0.4 is 5.73 Å². The number of nitrogens with two attached hydrogens (primary N) is 1. The molecule has 1 saturated heterocycles. The van der Waals surface area contributed by atoms with Gasteiger partial charge in [-0.25, -0.2) is 0 Å². The first-order chi connectivity index (χ1) is 13.4. The van der Waals surface area contributed by atoms with Gasteiger partial charge in [-0.15, -0.1) is 0 Å². The Bertz CT molecular complexity index is 720. The molecule has 1 heterocycles. The lowest BCUT2D eigenvalue weighted by molar-refractivity contribution is -0.384. The molecule has 1 aromatic carbocycles. The SMILES string of the molecule is NCC1(CC(=O)N2CCN(C(=O)c3ccc([N+](=O)[O-])cc3)CC2)CCCCC1. The van der Waals surface area contributed by atoms with Gasteiger partial charge in [-0.1, -0.05) is 19.3 Å². The van der Waals surface area contributed by atoms with Gasteiger partial charge in [0.15, 0.2) is 0 Å². The molecule has 2 fully saturated rings. The van der Waals surface area contributed by atoms with Crippen molar-refractivity contribution in [2.24, 2.45) is 11.1 Å². The molecular formula is C20H28N4O4. The first-order valence-corrected chi connectivity index (χ1v) is 9.96. The molecule has 8 heteroatoms. The average molecular weight is 388 g/mol. The number of non-ortho nitro benzene ring substituents is 1. The summed E-state index contributed by atoms with van der Waals surface area (Å²) in [5, 5.41) is 10.7. The third-order valence-electron chi connectivity index (χ3n) is 6.12. The van der Waals surface area contributed by atoms with Crippen LogP contribution in [0.2, 0.25) is 0 Å². The van der Waals surface area contributed by atoms with E-state index in [-0.39, 0.29) is 22.9 Å². The summed E-state index contributed by atoms with van der Waals surface area (Å²) in [7, 11) is 0. The fourth-order valence-corrected chi connectivity index (χ4v) is 4.25. The van der Waals surface area contributed by atoms with Gasteiger partial charge in [0, 0.05) is 50.3 Å². The number of benzene rings is 1. The van der Waals surface area contributed by atoms with Crippen LogP contribution in [0.1, 0.15) is 48.9 Å². The highest BCUT2D eigenvalue weighted by atomic mass is 16.6. The number of nitro benzene ring substituents is 1. The van der Waals surface area contributed by atoms with Crippen LogP contribution in [0.3, 0.4) is 0 Å². The molecule has 1 saturated carbocycles. The van der Waals surface area contributed by atoms with Crippen LogP contribution in [-0.2, 0) is 4.79 Å². The van der Waals surface area contributed by atoms with Crippen molar-refractivity contribution in [2.75, 3.05) is 32.7 Å². The van der Waals surface area contributed by atoms with Crippen molar-refractivity contribution in [2.45, 2.75) is 38.5 Å². The third-order valence-corrected chi connectivity index (χ3v) is 6.12. The lowest BCUT2D eigenvalue weighted by atomic mass is 9.71. The first kappa shape index (κ1) is 20.3. The number of carbonyl (C=O) groups excluding carboxylic acids is 2. The third kappa shape index (κ3) is 4.49. The van der Waals surface area contributed by atoms with Crippen molar-refractivity contribution < 1.29 is 14.5 Å². The molecule has 152 valence electrons. The van der Waals surface area contributed by atoms with Gasteiger partial charge in [0.05, 0.1) is 4.92 Å². The summed E-state index contributed by atoms with van der Waals surface area (Å²) in [5.74, 6) is -0.0255. The summed E-state index contributed by atoms with van der Waals surface area (Å²) in [6.07, 6.45) is 6.05. The van der Waals surface area contributed by atoms with Crippen LogP contribution in [0.15, 0.2) is 24.3 Å². The molecule has 0 aromatic heterocycles. The maximum Gasteiger partial charge on any atom is 0.269 e. The Kier molecular flexibility index (Phi) is 6.28. The highest BCUT2D eigenvalue weighted by Crippen LogP contribution is 2.38. The Labute approximate surface area is 164 Å². The van der Waals surface area contributed by atoms with Gasteiger partial charge >= 0.3 is 0 Å². The molecule has 2 amide bonds. The summed E-state index contributed by atoms with van der Waals surface area (Å²) < 4.78 is 0. The van der Waals surface area contributed by atoms with E-state index >= 15 is 0 Å². The summed E-state index contributed by atoms with van der Waals surface area (Å²) >= 11 is 0. The maximum atomic E-state index is 12.8. The van der Waals surface area contributed by atoms with Gasteiger partial charge in [0.2, 0.25) is 5.91 Å². The van der Waals surface area contributed by atoms with E-state index in [9.17, 15) is 19.7 Å². The quantitative estimate of drug-likeness (QED) is 0.614. The van der Waals surface area contributed by atoms with Crippen LogP contribution in [0.25, 0.3) is 0 Å². The van der Waals surface area contributed by atoms with E-state index in [0.717, 1.165) is 25.7 Å². The van der Waals surface area contributed by atoms with Crippen molar-refractivity contribution >= 4 is 17.5 Å². The zero-order valence-electron chi connectivity index (χ0n) is 16.1. The van der Waals surface area contributed by atoms with E-state index in [0.29, 0.717) is 44.7 Å². The standard InChI is InChI=1S/C20H28N4O4/c21-15-20(8-2-1-3-9-20)14-18(25)22-10-12-23(13-11-22)19(26)16-4-6-17(7-5-16)24(27)28/h4-7H,1-3,8-15,21H2. The van der Waals surface area contributed by atoms with Crippen LogP contribution in [-0.4, -0.2) is 59.3 Å². The van der Waals surface area contributed by atoms with Crippen molar-refractivity contribution in [1.29, 1.82) is 0 Å². The van der Waals surface area contributed by atoms with Crippen LogP contribution in [0.5, 0.6) is 0 Å². The first-order valence-electron chi connectivity index (χ1n) is 9.96. The maximum absolute atomic E-state index is 12.8. The summed E-state index contributed by atoms with van der Waals surface area (Å²) in [5.41, 5.74) is 6.34. The van der Waals surface area contributed by atoms with Gasteiger partial charge in [0.25, 0.3) is 11.6 Å². The van der Waals surface area contributed by atoms with E-state index in [1.165, 1.54) is 30.7 Å². The highest BCUT2D eigenvalue weighted by molar-refractivity contribution is 5.94. The predicted octanol–water partition coefficient (Wildman–Crippen LogP) is 2.18. The lowest BCUT2D eigenvalue weighted by Crippen LogP contribution is -2.51. The smallest absolute Gasteiger partial charge is 0.269 e. The molecule has 0 spiro atoms. The fraction of sp³-hybridized carbons (Fsp3) is 0.600.